The lowest BCUT2D eigenvalue weighted by atomic mass is 9.87. The van der Waals surface area contributed by atoms with Crippen LogP contribution in [0, 0.1) is 0 Å². The van der Waals surface area contributed by atoms with Gasteiger partial charge in [-0.2, -0.15) is 0 Å². The van der Waals surface area contributed by atoms with Gasteiger partial charge in [-0.15, -0.1) is 0 Å². The Labute approximate surface area is 163 Å². The maximum Gasteiger partial charge on any atom is 0.231 e. The fourth-order valence-electron chi connectivity index (χ4n) is 3.98. The zero-order valence-electron chi connectivity index (χ0n) is 16.1. The highest BCUT2D eigenvalue weighted by Crippen LogP contribution is 2.50. The molecular weight excluding hydrogens is 360 g/mol. The molecule has 2 unspecified atom stereocenters. The number of hydrogen-bond acceptors (Lipinski definition) is 7. The Morgan fingerprint density at radius 1 is 1.43 bits per heavy atom. The van der Waals surface area contributed by atoms with Gasteiger partial charge in [0.05, 0.1) is 12.8 Å². The summed E-state index contributed by atoms with van der Waals surface area (Å²) < 4.78 is 16.8. The summed E-state index contributed by atoms with van der Waals surface area (Å²) in [4.78, 5) is 19.1. The van der Waals surface area contributed by atoms with Gasteiger partial charge >= 0.3 is 0 Å². The molecule has 7 nitrogen and oxygen atoms in total. The largest absolute Gasteiger partial charge is 0.492 e. The lowest BCUT2D eigenvalue weighted by molar-refractivity contribution is -0.122. The number of ketones is 1. The molecule has 148 valence electrons. The molecule has 2 aliphatic heterocycles. The van der Waals surface area contributed by atoms with Gasteiger partial charge in [-0.05, 0) is 37.2 Å². The number of ether oxygens (including phenoxy) is 3. The molecule has 2 atom stereocenters. The molecule has 7 heteroatoms. The predicted octanol–water partition coefficient (Wildman–Crippen LogP) is 2.43. The smallest absolute Gasteiger partial charge is 0.231 e. The minimum absolute atomic E-state index is 0.0254. The summed E-state index contributed by atoms with van der Waals surface area (Å²) in [6.45, 7) is 1.00. The van der Waals surface area contributed by atoms with Crippen LogP contribution in [0.4, 0.5) is 0 Å². The standard InChI is InChI=1S/C21H24N2O5/c1-23-8-6-13-9-18-20(28-12-27-18)21(26-2)19(13)16(23)10-14(24)11-17(25)15-5-3-4-7-22-15/h3-5,7,9,16-17,25H,6,8,10-12H2,1-2H3. The summed E-state index contributed by atoms with van der Waals surface area (Å²) in [5, 5.41) is 10.4. The van der Waals surface area contributed by atoms with Gasteiger partial charge in [-0.1, -0.05) is 6.07 Å². The van der Waals surface area contributed by atoms with Crippen LogP contribution in [0.5, 0.6) is 17.2 Å². The van der Waals surface area contributed by atoms with Crippen LogP contribution in [-0.4, -0.2) is 48.3 Å². The number of likely N-dealkylation sites (N-methyl/N-ethyl adjacent to an activating group) is 1. The van der Waals surface area contributed by atoms with Gasteiger partial charge in [0.15, 0.2) is 11.5 Å². The highest BCUT2D eigenvalue weighted by atomic mass is 16.7. The third-order valence-electron chi connectivity index (χ3n) is 5.42. The first kappa shape index (κ1) is 18.7. The van der Waals surface area contributed by atoms with Crippen LogP contribution in [0.2, 0.25) is 0 Å². The summed E-state index contributed by atoms with van der Waals surface area (Å²) >= 11 is 0. The maximum absolute atomic E-state index is 12.8. The Kier molecular flexibility index (Phi) is 5.19. The van der Waals surface area contributed by atoms with Gasteiger partial charge < -0.3 is 19.3 Å². The van der Waals surface area contributed by atoms with Gasteiger partial charge in [-0.3, -0.25) is 14.7 Å². The van der Waals surface area contributed by atoms with Crippen LogP contribution in [0.3, 0.4) is 0 Å². The number of carbonyl (C=O) groups excluding carboxylic acids is 1. The highest BCUT2D eigenvalue weighted by Gasteiger charge is 2.35. The fourth-order valence-corrected chi connectivity index (χ4v) is 3.98. The van der Waals surface area contributed by atoms with E-state index in [1.165, 1.54) is 0 Å². The number of aromatic nitrogens is 1. The van der Waals surface area contributed by atoms with Crippen molar-refractivity contribution >= 4 is 5.78 Å². The highest BCUT2D eigenvalue weighted by molar-refractivity contribution is 5.80. The van der Waals surface area contributed by atoms with Crippen molar-refractivity contribution in [2.24, 2.45) is 0 Å². The monoisotopic (exact) mass is 384 g/mol. The van der Waals surface area contributed by atoms with E-state index in [-0.39, 0.29) is 31.5 Å². The molecule has 0 bridgehead atoms. The second-order valence-electron chi connectivity index (χ2n) is 7.18. The zero-order chi connectivity index (χ0) is 19.7. The number of fused-ring (bicyclic) bond motifs is 2. The third-order valence-corrected chi connectivity index (χ3v) is 5.42. The first-order valence-electron chi connectivity index (χ1n) is 9.38. The number of hydrogen-bond donors (Lipinski definition) is 1. The molecule has 3 heterocycles. The molecule has 0 saturated heterocycles. The van der Waals surface area contributed by atoms with Crippen LogP contribution in [0.15, 0.2) is 30.5 Å². The van der Waals surface area contributed by atoms with Gasteiger partial charge in [-0.25, -0.2) is 0 Å². The minimum atomic E-state index is -0.902. The molecule has 0 spiro atoms. The zero-order valence-corrected chi connectivity index (χ0v) is 16.1. The number of methoxy groups -OCH3 is 1. The van der Waals surface area contributed by atoms with Crippen molar-refractivity contribution in [2.45, 2.75) is 31.4 Å². The normalized spacial score (nSPS) is 19.2. The average Bonchev–Trinajstić information content (AvgIpc) is 3.17. The van der Waals surface area contributed by atoms with E-state index >= 15 is 0 Å². The Balaban J connectivity index is 1.58. The Hall–Kier alpha value is -2.64. The molecule has 1 aromatic heterocycles. The molecule has 2 aromatic rings. The van der Waals surface area contributed by atoms with E-state index in [2.05, 4.69) is 9.88 Å². The molecule has 0 saturated carbocycles. The molecule has 4 rings (SSSR count). The predicted molar refractivity (Wildman–Crippen MR) is 102 cm³/mol. The van der Waals surface area contributed by atoms with Crippen LogP contribution in [-0.2, 0) is 11.2 Å². The van der Waals surface area contributed by atoms with E-state index in [1.807, 2.05) is 13.1 Å². The molecule has 0 fully saturated rings. The number of pyridine rings is 1. The van der Waals surface area contributed by atoms with Crippen LogP contribution in [0.25, 0.3) is 0 Å². The number of nitrogens with zero attached hydrogens (tertiary/aromatic N) is 2. The first-order chi connectivity index (χ1) is 13.6. The fraction of sp³-hybridized carbons (Fsp3) is 0.429. The van der Waals surface area contributed by atoms with Crippen molar-refractivity contribution in [3.63, 3.8) is 0 Å². The molecule has 1 N–H and O–H groups in total. The summed E-state index contributed by atoms with van der Waals surface area (Å²) in [7, 11) is 3.61. The van der Waals surface area contributed by atoms with E-state index in [4.69, 9.17) is 14.2 Å². The van der Waals surface area contributed by atoms with Crippen LogP contribution in [0.1, 0.15) is 41.8 Å². The Morgan fingerprint density at radius 2 is 2.29 bits per heavy atom. The summed E-state index contributed by atoms with van der Waals surface area (Å²) in [6.07, 6.45) is 1.87. The van der Waals surface area contributed by atoms with Crippen molar-refractivity contribution in [2.75, 3.05) is 27.5 Å². The minimum Gasteiger partial charge on any atom is -0.492 e. The number of Topliss-reactive ketones (excluding diaryl/α,β-unsaturated/α-hetero) is 1. The van der Waals surface area contributed by atoms with E-state index in [0.29, 0.717) is 22.9 Å². The van der Waals surface area contributed by atoms with E-state index < -0.39 is 6.10 Å². The quantitative estimate of drug-likeness (QED) is 0.819. The van der Waals surface area contributed by atoms with Crippen molar-refractivity contribution in [3.8, 4) is 17.2 Å². The summed E-state index contributed by atoms with van der Waals surface area (Å²) in [6, 6.07) is 7.16. The van der Waals surface area contributed by atoms with Gasteiger partial charge in [0.1, 0.15) is 11.9 Å². The molecule has 0 radical (unpaired) electrons. The number of aliphatic hydroxyl groups is 1. The number of carbonyl (C=O) groups is 1. The van der Waals surface area contributed by atoms with E-state index in [0.717, 1.165) is 24.1 Å². The second kappa shape index (κ2) is 7.77. The summed E-state index contributed by atoms with van der Waals surface area (Å²) in [5.41, 5.74) is 2.60. The Bertz CT molecular complexity index is 871. The van der Waals surface area contributed by atoms with Crippen molar-refractivity contribution in [1.82, 2.24) is 9.88 Å². The third kappa shape index (κ3) is 3.43. The lowest BCUT2D eigenvalue weighted by Crippen LogP contribution is -2.34. The topological polar surface area (TPSA) is 81.1 Å². The lowest BCUT2D eigenvalue weighted by Gasteiger charge is -2.35. The number of aliphatic hydroxyl groups excluding tert-OH is 1. The first-order valence-corrected chi connectivity index (χ1v) is 9.38. The van der Waals surface area contributed by atoms with Crippen molar-refractivity contribution in [1.29, 1.82) is 0 Å². The molecule has 0 aliphatic carbocycles. The van der Waals surface area contributed by atoms with E-state index in [9.17, 15) is 9.90 Å². The SMILES string of the molecule is COc1c2c(cc3c1C(CC(=O)CC(O)c1ccccn1)N(C)CC3)OCO2. The summed E-state index contributed by atoms with van der Waals surface area (Å²) in [5.74, 6) is 1.90. The van der Waals surface area contributed by atoms with Crippen molar-refractivity contribution < 1.29 is 24.1 Å². The molecule has 0 amide bonds. The average molecular weight is 384 g/mol. The number of rotatable bonds is 6. The van der Waals surface area contributed by atoms with Crippen LogP contribution >= 0.6 is 0 Å². The van der Waals surface area contributed by atoms with Crippen molar-refractivity contribution in [3.05, 3.63) is 47.3 Å². The molecule has 28 heavy (non-hydrogen) atoms. The van der Waals surface area contributed by atoms with E-state index in [1.54, 1.807) is 31.5 Å². The van der Waals surface area contributed by atoms with Crippen LogP contribution < -0.4 is 14.2 Å². The Morgan fingerprint density at radius 3 is 3.04 bits per heavy atom. The molecular formula is C21H24N2O5. The molecule has 2 aliphatic rings. The van der Waals surface area contributed by atoms with Gasteiger partial charge in [0, 0.05) is 37.2 Å². The molecule has 1 aromatic carbocycles. The van der Waals surface area contributed by atoms with Gasteiger partial charge in [0.2, 0.25) is 12.5 Å². The maximum atomic E-state index is 12.8. The number of benzene rings is 1. The second-order valence-corrected chi connectivity index (χ2v) is 7.18. The van der Waals surface area contributed by atoms with Gasteiger partial charge in [0.25, 0.3) is 0 Å².